The highest BCUT2D eigenvalue weighted by Crippen LogP contribution is 2.29. The molecule has 0 saturated carbocycles. The molecule has 0 saturated heterocycles. The van der Waals surface area contributed by atoms with E-state index in [0.717, 1.165) is 15.8 Å². The number of benzene rings is 2. The molecule has 112 valence electrons. The second kappa shape index (κ2) is 6.96. The minimum atomic E-state index is 0.146. The minimum Gasteiger partial charge on any atom is -0.508 e. The van der Waals surface area contributed by atoms with E-state index < -0.39 is 0 Å². The molecule has 21 heavy (non-hydrogen) atoms. The molecule has 0 fully saturated rings. The van der Waals surface area contributed by atoms with Gasteiger partial charge in [-0.3, -0.25) is 0 Å². The summed E-state index contributed by atoms with van der Waals surface area (Å²) in [5.41, 5.74) is 2.24. The molecule has 0 aliphatic heterocycles. The highest BCUT2D eigenvalue weighted by molar-refractivity contribution is 9.10. The number of ether oxygens (including phenoxy) is 1. The topological polar surface area (TPSA) is 41.5 Å². The van der Waals surface area contributed by atoms with Crippen LogP contribution in [0.15, 0.2) is 46.9 Å². The van der Waals surface area contributed by atoms with Crippen molar-refractivity contribution in [2.24, 2.45) is 0 Å². The van der Waals surface area contributed by atoms with Gasteiger partial charge >= 0.3 is 0 Å². The van der Waals surface area contributed by atoms with Gasteiger partial charge in [-0.15, -0.1) is 0 Å². The summed E-state index contributed by atoms with van der Waals surface area (Å²) < 4.78 is 6.19. The van der Waals surface area contributed by atoms with Crippen molar-refractivity contribution in [1.29, 1.82) is 0 Å². The van der Waals surface area contributed by atoms with Crippen LogP contribution in [0.2, 0.25) is 0 Å². The normalized spacial score (nSPS) is 13.7. The number of rotatable bonds is 5. The Bertz CT molecular complexity index is 615. The van der Waals surface area contributed by atoms with E-state index in [1.54, 1.807) is 19.2 Å². The van der Waals surface area contributed by atoms with E-state index in [1.165, 1.54) is 5.56 Å². The molecule has 0 amide bonds. The molecule has 2 unspecified atom stereocenters. The Balaban J connectivity index is 2.10. The van der Waals surface area contributed by atoms with Crippen LogP contribution < -0.4 is 10.1 Å². The molecule has 0 radical (unpaired) electrons. The first-order valence-electron chi connectivity index (χ1n) is 6.89. The van der Waals surface area contributed by atoms with Gasteiger partial charge in [0.15, 0.2) is 0 Å². The van der Waals surface area contributed by atoms with Gasteiger partial charge in [0, 0.05) is 12.1 Å². The quantitative estimate of drug-likeness (QED) is 0.830. The van der Waals surface area contributed by atoms with Crippen molar-refractivity contribution in [3.63, 3.8) is 0 Å². The molecular formula is C17H20BrNO2. The monoisotopic (exact) mass is 349 g/mol. The number of methoxy groups -OCH3 is 1. The van der Waals surface area contributed by atoms with Crippen LogP contribution in [0.1, 0.15) is 37.1 Å². The molecular weight excluding hydrogens is 330 g/mol. The zero-order valence-electron chi connectivity index (χ0n) is 12.4. The van der Waals surface area contributed by atoms with Gasteiger partial charge in [-0.2, -0.15) is 0 Å². The van der Waals surface area contributed by atoms with Gasteiger partial charge in [0.2, 0.25) is 0 Å². The van der Waals surface area contributed by atoms with Crippen LogP contribution in [0.5, 0.6) is 11.5 Å². The summed E-state index contributed by atoms with van der Waals surface area (Å²) in [4.78, 5) is 0. The minimum absolute atomic E-state index is 0.146. The second-order valence-corrected chi connectivity index (χ2v) is 5.95. The maximum Gasteiger partial charge on any atom is 0.133 e. The Morgan fingerprint density at radius 2 is 1.71 bits per heavy atom. The zero-order valence-corrected chi connectivity index (χ0v) is 14.0. The van der Waals surface area contributed by atoms with Crippen LogP contribution in [0.3, 0.4) is 0 Å². The van der Waals surface area contributed by atoms with Crippen LogP contribution in [0.4, 0.5) is 0 Å². The molecule has 0 heterocycles. The number of hydrogen-bond donors (Lipinski definition) is 2. The van der Waals surface area contributed by atoms with Crippen molar-refractivity contribution in [1.82, 2.24) is 5.32 Å². The Morgan fingerprint density at radius 3 is 2.29 bits per heavy atom. The van der Waals surface area contributed by atoms with Gasteiger partial charge in [0.05, 0.1) is 11.6 Å². The second-order valence-electron chi connectivity index (χ2n) is 5.10. The van der Waals surface area contributed by atoms with E-state index in [1.807, 2.05) is 18.2 Å². The number of halogens is 1. The first-order chi connectivity index (χ1) is 10.0. The Hall–Kier alpha value is -1.52. The van der Waals surface area contributed by atoms with Crippen molar-refractivity contribution in [3.05, 3.63) is 58.1 Å². The van der Waals surface area contributed by atoms with Crippen molar-refractivity contribution in [2.75, 3.05) is 7.11 Å². The Morgan fingerprint density at radius 1 is 1.05 bits per heavy atom. The molecule has 2 aromatic carbocycles. The summed E-state index contributed by atoms with van der Waals surface area (Å²) in [5.74, 6) is 1.12. The summed E-state index contributed by atoms with van der Waals surface area (Å²) in [7, 11) is 1.66. The SMILES string of the molecule is COc1ccc(C(C)NC(C)c2cccc(O)c2)cc1Br. The molecule has 2 rings (SSSR count). The van der Waals surface area contributed by atoms with E-state index in [-0.39, 0.29) is 12.1 Å². The summed E-state index contributed by atoms with van der Waals surface area (Å²) in [6.45, 7) is 4.21. The lowest BCUT2D eigenvalue weighted by Gasteiger charge is -2.21. The zero-order chi connectivity index (χ0) is 15.4. The molecule has 0 aromatic heterocycles. The van der Waals surface area contributed by atoms with Crippen LogP contribution in [-0.4, -0.2) is 12.2 Å². The van der Waals surface area contributed by atoms with E-state index in [4.69, 9.17) is 4.74 Å². The van der Waals surface area contributed by atoms with Crippen LogP contribution in [-0.2, 0) is 0 Å². The number of phenolic OH excluding ortho intramolecular Hbond substituents is 1. The van der Waals surface area contributed by atoms with Crippen molar-refractivity contribution in [2.45, 2.75) is 25.9 Å². The summed E-state index contributed by atoms with van der Waals surface area (Å²) in [6, 6.07) is 13.7. The summed E-state index contributed by atoms with van der Waals surface area (Å²) in [5, 5.41) is 13.1. The molecule has 2 aromatic rings. The van der Waals surface area contributed by atoms with Crippen LogP contribution in [0.25, 0.3) is 0 Å². The predicted octanol–water partition coefficient (Wildman–Crippen LogP) is 4.58. The van der Waals surface area contributed by atoms with Crippen molar-refractivity contribution in [3.8, 4) is 11.5 Å². The average molecular weight is 350 g/mol. The number of phenols is 1. The molecule has 0 bridgehead atoms. The summed E-state index contributed by atoms with van der Waals surface area (Å²) >= 11 is 3.51. The molecule has 2 N–H and O–H groups in total. The predicted molar refractivity (Wildman–Crippen MR) is 88.8 cm³/mol. The first-order valence-corrected chi connectivity index (χ1v) is 7.69. The van der Waals surface area contributed by atoms with E-state index >= 15 is 0 Å². The van der Waals surface area contributed by atoms with Gasteiger partial charge in [-0.05, 0) is 65.2 Å². The number of nitrogens with one attached hydrogen (secondary N) is 1. The highest BCUT2D eigenvalue weighted by Gasteiger charge is 2.13. The van der Waals surface area contributed by atoms with E-state index in [0.29, 0.717) is 5.75 Å². The average Bonchev–Trinajstić information content (AvgIpc) is 2.47. The largest absolute Gasteiger partial charge is 0.508 e. The fourth-order valence-electron chi connectivity index (χ4n) is 2.31. The summed E-state index contributed by atoms with van der Waals surface area (Å²) in [6.07, 6.45) is 0. The van der Waals surface area contributed by atoms with Gasteiger partial charge in [0.1, 0.15) is 11.5 Å². The molecule has 0 aliphatic rings. The van der Waals surface area contributed by atoms with Crippen molar-refractivity contribution < 1.29 is 9.84 Å². The fraction of sp³-hybridized carbons (Fsp3) is 0.294. The Labute approximate surface area is 134 Å². The van der Waals surface area contributed by atoms with Crippen LogP contribution in [0, 0.1) is 0 Å². The Kier molecular flexibility index (Phi) is 5.26. The lowest BCUT2D eigenvalue weighted by molar-refractivity contribution is 0.411. The van der Waals surface area contributed by atoms with Gasteiger partial charge in [0.25, 0.3) is 0 Å². The fourth-order valence-corrected chi connectivity index (χ4v) is 2.87. The third-order valence-electron chi connectivity index (χ3n) is 3.55. The van der Waals surface area contributed by atoms with Crippen molar-refractivity contribution >= 4 is 15.9 Å². The molecule has 4 heteroatoms. The van der Waals surface area contributed by atoms with Crippen LogP contribution >= 0.6 is 15.9 Å². The highest BCUT2D eigenvalue weighted by atomic mass is 79.9. The molecule has 2 atom stereocenters. The number of aromatic hydroxyl groups is 1. The van der Waals surface area contributed by atoms with Gasteiger partial charge in [-0.1, -0.05) is 18.2 Å². The van der Waals surface area contributed by atoms with E-state index in [2.05, 4.69) is 47.2 Å². The molecule has 0 spiro atoms. The molecule has 3 nitrogen and oxygen atoms in total. The van der Waals surface area contributed by atoms with Gasteiger partial charge in [-0.25, -0.2) is 0 Å². The first kappa shape index (κ1) is 15.9. The molecule has 0 aliphatic carbocycles. The van der Waals surface area contributed by atoms with Gasteiger partial charge < -0.3 is 15.2 Å². The maximum atomic E-state index is 9.56. The third-order valence-corrected chi connectivity index (χ3v) is 4.17. The third kappa shape index (κ3) is 3.99. The smallest absolute Gasteiger partial charge is 0.133 e. The lowest BCUT2D eigenvalue weighted by Crippen LogP contribution is -2.22. The van der Waals surface area contributed by atoms with E-state index in [9.17, 15) is 5.11 Å². The lowest BCUT2D eigenvalue weighted by atomic mass is 10.0. The standard InChI is InChI=1S/C17H20BrNO2/c1-11(13-5-4-6-15(20)9-13)19-12(2)14-7-8-17(21-3)16(18)10-14/h4-12,19-20H,1-3H3. The number of hydrogen-bond acceptors (Lipinski definition) is 3. The maximum absolute atomic E-state index is 9.56.